The fraction of sp³-hybridized carbons (Fsp3) is 0.778. The van der Waals surface area contributed by atoms with Crippen molar-refractivity contribution in [1.82, 2.24) is 0 Å². The van der Waals surface area contributed by atoms with E-state index in [0.717, 1.165) is 0 Å². The second-order valence-electron chi connectivity index (χ2n) is 3.32. The van der Waals surface area contributed by atoms with Gasteiger partial charge in [0.1, 0.15) is 0 Å². The van der Waals surface area contributed by atoms with E-state index >= 15 is 0 Å². The summed E-state index contributed by atoms with van der Waals surface area (Å²) >= 11 is 0. The van der Waals surface area contributed by atoms with Crippen molar-refractivity contribution in [1.29, 1.82) is 5.26 Å². The van der Waals surface area contributed by atoms with E-state index in [1.807, 2.05) is 6.07 Å². The molecule has 6 nitrogen and oxygen atoms in total. The zero-order valence-corrected chi connectivity index (χ0v) is 10.3. The van der Waals surface area contributed by atoms with Crippen LogP contribution >= 0.6 is 7.60 Å². The maximum absolute atomic E-state index is 11.8. The molecule has 0 aliphatic heterocycles. The third-order valence-electron chi connectivity index (χ3n) is 2.17. The van der Waals surface area contributed by atoms with Crippen LogP contribution in [0.3, 0.4) is 0 Å². The Bertz CT molecular complexity index is 304. The zero-order valence-electron chi connectivity index (χ0n) is 9.38. The Labute approximate surface area is 94.7 Å². The topological polar surface area (TPSA) is 96.6 Å². The Morgan fingerprint density at radius 1 is 1.50 bits per heavy atom. The second-order valence-corrected chi connectivity index (χ2v) is 5.64. The number of carboxylic acid groups (broad SMARTS) is 1. The standard InChI is InChI=1S/C9H16NO5P/c1-14-16(13,15-2)7-8(4-3-5-10)6-9(11)12/h8H,3-4,6-7H2,1-2H3,(H,11,12)/t8-/m1/s1. The fourth-order valence-corrected chi connectivity index (χ4v) is 2.70. The number of nitrogens with zero attached hydrogens (tertiary/aromatic N) is 1. The molecule has 1 N–H and O–H groups in total. The van der Waals surface area contributed by atoms with Crippen LogP contribution in [-0.2, 0) is 18.4 Å². The van der Waals surface area contributed by atoms with Gasteiger partial charge in [-0.3, -0.25) is 9.36 Å². The summed E-state index contributed by atoms with van der Waals surface area (Å²) in [6.07, 6.45) is 0.483. The quantitative estimate of drug-likeness (QED) is 0.659. The van der Waals surface area contributed by atoms with Crippen molar-refractivity contribution < 1.29 is 23.5 Å². The highest BCUT2D eigenvalue weighted by Gasteiger charge is 2.27. The van der Waals surface area contributed by atoms with Crippen LogP contribution in [0.25, 0.3) is 0 Å². The lowest BCUT2D eigenvalue weighted by Gasteiger charge is -2.19. The first-order valence-corrected chi connectivity index (χ1v) is 6.49. The highest BCUT2D eigenvalue weighted by atomic mass is 31.2. The van der Waals surface area contributed by atoms with E-state index in [1.54, 1.807) is 0 Å². The normalized spacial score (nSPS) is 13.1. The van der Waals surface area contributed by atoms with E-state index in [9.17, 15) is 9.36 Å². The van der Waals surface area contributed by atoms with Crippen molar-refractivity contribution in [2.45, 2.75) is 19.3 Å². The minimum atomic E-state index is -3.21. The molecule has 0 aliphatic rings. The Kier molecular flexibility index (Phi) is 6.98. The number of nitriles is 1. The van der Waals surface area contributed by atoms with Crippen LogP contribution in [0.2, 0.25) is 0 Å². The summed E-state index contributed by atoms with van der Waals surface area (Å²) in [6.45, 7) is 0. The summed E-state index contributed by atoms with van der Waals surface area (Å²) in [5.41, 5.74) is 0. The van der Waals surface area contributed by atoms with E-state index in [0.29, 0.717) is 6.42 Å². The molecule has 1 atom stereocenters. The number of aliphatic carboxylic acids is 1. The van der Waals surface area contributed by atoms with Gasteiger partial charge in [-0.1, -0.05) is 0 Å². The van der Waals surface area contributed by atoms with Gasteiger partial charge in [-0.05, 0) is 12.3 Å². The molecule has 0 spiro atoms. The van der Waals surface area contributed by atoms with Crippen molar-refractivity contribution in [2.75, 3.05) is 20.4 Å². The SMILES string of the molecule is COP(=O)(C[C@H](CCC#N)CC(=O)O)OC. The van der Waals surface area contributed by atoms with Gasteiger partial charge >= 0.3 is 13.6 Å². The van der Waals surface area contributed by atoms with E-state index in [1.165, 1.54) is 14.2 Å². The van der Waals surface area contributed by atoms with E-state index in [-0.39, 0.29) is 24.9 Å². The lowest BCUT2D eigenvalue weighted by molar-refractivity contribution is -0.137. The van der Waals surface area contributed by atoms with Crippen LogP contribution in [0.1, 0.15) is 19.3 Å². The highest BCUT2D eigenvalue weighted by Crippen LogP contribution is 2.49. The molecule has 0 aromatic heterocycles. The number of hydrogen-bond donors (Lipinski definition) is 1. The molecule has 0 saturated heterocycles. The average Bonchev–Trinajstić information content (AvgIpc) is 2.25. The van der Waals surface area contributed by atoms with E-state index < -0.39 is 13.6 Å². The highest BCUT2D eigenvalue weighted by molar-refractivity contribution is 7.53. The molecular weight excluding hydrogens is 233 g/mol. The number of rotatable bonds is 8. The molecular formula is C9H16NO5P. The van der Waals surface area contributed by atoms with Crippen LogP contribution < -0.4 is 0 Å². The molecule has 0 aromatic carbocycles. The molecule has 16 heavy (non-hydrogen) atoms. The monoisotopic (exact) mass is 249 g/mol. The molecule has 0 aromatic rings. The summed E-state index contributed by atoms with van der Waals surface area (Å²) in [5.74, 6) is -1.36. The van der Waals surface area contributed by atoms with Gasteiger partial charge in [-0.15, -0.1) is 0 Å². The predicted octanol–water partition coefficient (Wildman–Crippen LogP) is 1.87. The van der Waals surface area contributed by atoms with Gasteiger partial charge in [0.25, 0.3) is 0 Å². The van der Waals surface area contributed by atoms with Gasteiger partial charge < -0.3 is 14.2 Å². The first kappa shape index (κ1) is 15.1. The minimum Gasteiger partial charge on any atom is -0.481 e. The zero-order chi connectivity index (χ0) is 12.6. The third kappa shape index (κ3) is 5.86. The van der Waals surface area contributed by atoms with Crippen LogP contribution in [-0.4, -0.2) is 31.5 Å². The lowest BCUT2D eigenvalue weighted by Crippen LogP contribution is -2.13. The van der Waals surface area contributed by atoms with Gasteiger partial charge in [-0.25, -0.2) is 0 Å². The predicted molar refractivity (Wildman–Crippen MR) is 57.1 cm³/mol. The van der Waals surface area contributed by atoms with Crippen LogP contribution in [0.5, 0.6) is 0 Å². The van der Waals surface area contributed by atoms with E-state index in [2.05, 4.69) is 0 Å². The van der Waals surface area contributed by atoms with E-state index in [4.69, 9.17) is 19.4 Å². The molecule has 0 radical (unpaired) electrons. The maximum atomic E-state index is 11.8. The third-order valence-corrected chi connectivity index (χ3v) is 4.24. The van der Waals surface area contributed by atoms with Crippen molar-refractivity contribution in [3.63, 3.8) is 0 Å². The molecule has 0 rings (SSSR count). The Hall–Kier alpha value is -0.890. The van der Waals surface area contributed by atoms with Crippen LogP contribution in [0, 0.1) is 17.2 Å². The molecule has 0 bridgehead atoms. The molecule has 0 fully saturated rings. The van der Waals surface area contributed by atoms with Crippen molar-refractivity contribution in [3.8, 4) is 6.07 Å². The van der Waals surface area contributed by atoms with Crippen molar-refractivity contribution in [2.24, 2.45) is 5.92 Å². The Balaban J connectivity index is 4.46. The molecule has 0 aliphatic carbocycles. The number of hydrogen-bond acceptors (Lipinski definition) is 5. The second kappa shape index (κ2) is 7.39. The molecule has 0 saturated carbocycles. The molecule has 0 unspecified atom stereocenters. The summed E-state index contributed by atoms with van der Waals surface area (Å²) in [4.78, 5) is 10.6. The van der Waals surface area contributed by atoms with Gasteiger partial charge in [0.05, 0.1) is 12.2 Å². The first-order valence-electron chi connectivity index (χ1n) is 4.76. The Morgan fingerprint density at radius 3 is 2.44 bits per heavy atom. The summed E-state index contributed by atoms with van der Waals surface area (Å²) in [6, 6.07) is 1.93. The molecule has 0 amide bonds. The van der Waals surface area contributed by atoms with Crippen molar-refractivity contribution >= 4 is 13.6 Å². The largest absolute Gasteiger partial charge is 0.481 e. The number of carbonyl (C=O) groups is 1. The lowest BCUT2D eigenvalue weighted by atomic mass is 10.0. The van der Waals surface area contributed by atoms with Gasteiger partial charge in [-0.2, -0.15) is 5.26 Å². The van der Waals surface area contributed by atoms with Crippen molar-refractivity contribution in [3.05, 3.63) is 0 Å². The van der Waals surface area contributed by atoms with Gasteiger partial charge in [0, 0.05) is 27.1 Å². The summed E-state index contributed by atoms with van der Waals surface area (Å²) in [5, 5.41) is 17.1. The number of carboxylic acids is 1. The summed E-state index contributed by atoms with van der Waals surface area (Å²) < 4.78 is 21.3. The first-order chi connectivity index (χ1) is 7.47. The van der Waals surface area contributed by atoms with Crippen LogP contribution in [0.4, 0.5) is 0 Å². The summed E-state index contributed by atoms with van der Waals surface area (Å²) in [7, 11) is -0.694. The molecule has 0 heterocycles. The minimum absolute atomic E-state index is 0.0218. The van der Waals surface area contributed by atoms with Gasteiger partial charge in [0.15, 0.2) is 0 Å². The average molecular weight is 249 g/mol. The smallest absolute Gasteiger partial charge is 0.330 e. The molecule has 92 valence electrons. The maximum Gasteiger partial charge on any atom is 0.330 e. The van der Waals surface area contributed by atoms with Crippen LogP contribution in [0.15, 0.2) is 0 Å². The van der Waals surface area contributed by atoms with Gasteiger partial charge in [0.2, 0.25) is 0 Å². The Morgan fingerprint density at radius 2 is 2.06 bits per heavy atom. The fourth-order valence-electron chi connectivity index (χ4n) is 1.31. The molecule has 7 heteroatoms.